The fourth-order valence-corrected chi connectivity index (χ4v) is 4.54. The highest BCUT2D eigenvalue weighted by molar-refractivity contribution is 5.95. The van der Waals surface area contributed by atoms with Crippen molar-refractivity contribution in [3.05, 3.63) is 117 Å². The van der Waals surface area contributed by atoms with E-state index in [0.29, 0.717) is 24.3 Å². The van der Waals surface area contributed by atoms with Crippen LogP contribution in [0.4, 0.5) is 0 Å². The normalized spacial score (nSPS) is 11.2. The molecule has 4 heterocycles. The number of amides is 1. The Morgan fingerprint density at radius 2 is 1.89 bits per heavy atom. The molecule has 0 radical (unpaired) electrons. The van der Waals surface area contributed by atoms with E-state index < -0.39 is 0 Å². The largest absolute Gasteiger partial charge is 0.378 e. The van der Waals surface area contributed by atoms with E-state index in [1.807, 2.05) is 61.0 Å². The molecule has 188 valence electrons. The van der Waals surface area contributed by atoms with Crippen LogP contribution in [0.3, 0.4) is 0 Å². The molecule has 9 nitrogen and oxygen atoms in total. The van der Waals surface area contributed by atoms with Crippen molar-refractivity contribution in [2.75, 3.05) is 7.11 Å². The lowest BCUT2D eigenvalue weighted by Crippen LogP contribution is -2.24. The van der Waals surface area contributed by atoms with Crippen molar-refractivity contribution in [3.63, 3.8) is 0 Å². The van der Waals surface area contributed by atoms with Gasteiger partial charge in [-0.05, 0) is 54.3 Å². The summed E-state index contributed by atoms with van der Waals surface area (Å²) in [5.41, 5.74) is 7.01. The summed E-state index contributed by atoms with van der Waals surface area (Å²) in [4.78, 5) is 29.5. The van der Waals surface area contributed by atoms with Gasteiger partial charge in [-0.15, -0.1) is 0 Å². The van der Waals surface area contributed by atoms with Gasteiger partial charge in [0.15, 0.2) is 0 Å². The molecule has 0 aliphatic heterocycles. The lowest BCUT2D eigenvalue weighted by Gasteiger charge is -2.13. The highest BCUT2D eigenvalue weighted by Crippen LogP contribution is 2.20. The van der Waals surface area contributed by atoms with E-state index in [-0.39, 0.29) is 18.1 Å². The van der Waals surface area contributed by atoms with Crippen molar-refractivity contribution in [2.24, 2.45) is 0 Å². The number of methoxy groups -OCH3 is 1. The zero-order valence-electron chi connectivity index (χ0n) is 21.0. The zero-order chi connectivity index (χ0) is 25.9. The Bertz CT molecular complexity index is 1630. The predicted molar refractivity (Wildman–Crippen MR) is 140 cm³/mol. The van der Waals surface area contributed by atoms with Crippen molar-refractivity contribution < 1.29 is 9.53 Å². The number of carbonyl (C=O) groups excluding carboxylic acids is 1. The van der Waals surface area contributed by atoms with Gasteiger partial charge in [0.1, 0.15) is 5.69 Å². The molecule has 4 aromatic heterocycles. The summed E-state index contributed by atoms with van der Waals surface area (Å²) in [6.07, 6.45) is 9.11. The Labute approximate surface area is 214 Å². The van der Waals surface area contributed by atoms with Gasteiger partial charge in [0.2, 0.25) is 0 Å². The monoisotopic (exact) mass is 496 g/mol. The van der Waals surface area contributed by atoms with Gasteiger partial charge >= 0.3 is 0 Å². The highest BCUT2D eigenvalue weighted by atomic mass is 16.5. The van der Waals surface area contributed by atoms with Crippen molar-refractivity contribution in [1.29, 1.82) is 0 Å². The summed E-state index contributed by atoms with van der Waals surface area (Å²) in [6, 6.07) is 12.8. The summed E-state index contributed by atoms with van der Waals surface area (Å²) >= 11 is 0. The maximum Gasteiger partial charge on any atom is 0.255 e. The zero-order valence-corrected chi connectivity index (χ0v) is 21.0. The molecule has 1 aromatic carbocycles. The molecule has 5 aromatic rings. The molecule has 0 aliphatic rings. The van der Waals surface area contributed by atoms with Crippen LogP contribution >= 0.6 is 0 Å². The molecular weight excluding hydrogens is 468 g/mol. The van der Waals surface area contributed by atoms with Gasteiger partial charge in [-0.2, -0.15) is 5.10 Å². The summed E-state index contributed by atoms with van der Waals surface area (Å²) in [5.74, 6) is -0.204. The Balaban J connectivity index is 1.33. The molecule has 0 unspecified atom stereocenters. The molecule has 0 bridgehead atoms. The molecule has 0 saturated heterocycles. The van der Waals surface area contributed by atoms with Crippen molar-refractivity contribution in [3.8, 4) is 5.69 Å². The maximum absolute atomic E-state index is 13.2. The summed E-state index contributed by atoms with van der Waals surface area (Å²) in [6.45, 7) is 5.17. The van der Waals surface area contributed by atoms with Gasteiger partial charge < -0.3 is 14.5 Å². The molecule has 37 heavy (non-hydrogen) atoms. The van der Waals surface area contributed by atoms with Crippen LogP contribution in [0.15, 0.2) is 78.4 Å². The van der Waals surface area contributed by atoms with E-state index >= 15 is 0 Å². The van der Waals surface area contributed by atoms with Gasteiger partial charge in [0, 0.05) is 44.0 Å². The van der Waals surface area contributed by atoms with Crippen LogP contribution in [-0.4, -0.2) is 36.7 Å². The third-order valence-electron chi connectivity index (χ3n) is 6.48. The van der Waals surface area contributed by atoms with Crippen molar-refractivity contribution in [1.82, 2.24) is 29.0 Å². The lowest BCUT2D eigenvalue weighted by atomic mass is 10.0. The van der Waals surface area contributed by atoms with E-state index in [1.54, 1.807) is 41.1 Å². The molecule has 0 fully saturated rings. The molecule has 0 saturated carbocycles. The first kappa shape index (κ1) is 24.2. The Hall–Kier alpha value is -4.50. The van der Waals surface area contributed by atoms with Gasteiger partial charge in [0.25, 0.3) is 11.5 Å². The van der Waals surface area contributed by atoms with Crippen LogP contribution in [-0.2, 0) is 24.4 Å². The number of carbonyl (C=O) groups is 1. The number of imidazole rings is 1. The molecule has 1 N–H and O–H groups in total. The molecule has 0 atom stereocenters. The number of fused-ring (bicyclic) bond motifs is 1. The van der Waals surface area contributed by atoms with Crippen LogP contribution < -0.4 is 10.9 Å². The van der Waals surface area contributed by atoms with E-state index in [0.717, 1.165) is 33.5 Å². The van der Waals surface area contributed by atoms with E-state index in [9.17, 15) is 9.59 Å². The summed E-state index contributed by atoms with van der Waals surface area (Å²) in [5, 5.41) is 7.65. The first-order valence-corrected chi connectivity index (χ1v) is 12.0. The minimum absolute atomic E-state index is 0.0855. The van der Waals surface area contributed by atoms with Gasteiger partial charge in [0.05, 0.1) is 36.8 Å². The number of hydrogen-bond acceptors (Lipinski definition) is 5. The molecule has 9 heteroatoms. The number of benzene rings is 1. The van der Waals surface area contributed by atoms with E-state index in [2.05, 4.69) is 15.4 Å². The number of ether oxygens (including phenoxy) is 1. The molecule has 1 amide bonds. The second-order valence-corrected chi connectivity index (χ2v) is 8.98. The number of pyridine rings is 2. The van der Waals surface area contributed by atoms with E-state index in [1.165, 1.54) is 6.07 Å². The molecule has 5 rings (SSSR count). The number of nitrogens with zero attached hydrogens (tertiary/aromatic N) is 5. The fraction of sp³-hybridized carbons (Fsp3) is 0.214. The Morgan fingerprint density at radius 3 is 2.65 bits per heavy atom. The standard InChI is InChI=1S/C28H28N6O3/c1-19-14-32-18-29-13-26(32)20(2)23(19)12-30-28(36)24-16-33(31-25(24)17-37-3)15-21-7-9-22(10-8-21)34-11-5-4-6-27(34)35/h4-11,13-14,16,18H,12,15,17H2,1-3H3,(H,30,36). The minimum Gasteiger partial charge on any atom is -0.378 e. The first-order chi connectivity index (χ1) is 17.9. The minimum atomic E-state index is -0.204. The van der Waals surface area contributed by atoms with Crippen LogP contribution in [0, 0.1) is 13.8 Å². The topological polar surface area (TPSA) is 95.5 Å². The van der Waals surface area contributed by atoms with Crippen LogP contribution in [0.5, 0.6) is 0 Å². The van der Waals surface area contributed by atoms with Gasteiger partial charge in [-0.3, -0.25) is 18.8 Å². The van der Waals surface area contributed by atoms with E-state index in [4.69, 9.17) is 4.74 Å². The van der Waals surface area contributed by atoms with Gasteiger partial charge in [-0.25, -0.2) is 4.98 Å². The molecule has 0 aliphatic carbocycles. The quantitative estimate of drug-likeness (QED) is 0.355. The predicted octanol–water partition coefficient (Wildman–Crippen LogP) is 3.42. The van der Waals surface area contributed by atoms with Crippen LogP contribution in [0.25, 0.3) is 11.2 Å². The summed E-state index contributed by atoms with van der Waals surface area (Å²) in [7, 11) is 1.58. The Morgan fingerprint density at radius 1 is 1.08 bits per heavy atom. The smallest absolute Gasteiger partial charge is 0.255 e. The number of hydrogen-bond donors (Lipinski definition) is 1. The maximum atomic E-state index is 13.2. The second kappa shape index (κ2) is 10.2. The molecular formula is C28H28N6O3. The molecule has 0 spiro atoms. The van der Waals surface area contributed by atoms with Crippen molar-refractivity contribution in [2.45, 2.75) is 33.5 Å². The average molecular weight is 497 g/mol. The third kappa shape index (κ3) is 4.94. The summed E-state index contributed by atoms with van der Waals surface area (Å²) < 4.78 is 10.6. The highest BCUT2D eigenvalue weighted by Gasteiger charge is 2.18. The average Bonchev–Trinajstić information content (AvgIpc) is 3.52. The lowest BCUT2D eigenvalue weighted by molar-refractivity contribution is 0.0945. The number of aryl methyl sites for hydroxylation is 2. The Kier molecular flexibility index (Phi) is 6.70. The fourth-order valence-electron chi connectivity index (χ4n) is 4.54. The third-order valence-corrected chi connectivity index (χ3v) is 6.48. The van der Waals surface area contributed by atoms with Crippen LogP contribution in [0.2, 0.25) is 0 Å². The number of aromatic nitrogens is 5. The first-order valence-electron chi connectivity index (χ1n) is 12.0. The van der Waals surface area contributed by atoms with Crippen LogP contribution in [0.1, 0.15) is 38.3 Å². The van der Waals surface area contributed by atoms with Crippen molar-refractivity contribution >= 4 is 11.4 Å². The number of nitrogens with one attached hydrogen (secondary N) is 1. The second-order valence-electron chi connectivity index (χ2n) is 8.98. The van der Waals surface area contributed by atoms with Gasteiger partial charge in [-0.1, -0.05) is 18.2 Å². The SMILES string of the molecule is COCc1nn(Cc2ccc(-n3ccccc3=O)cc2)cc1C(=O)NCc1c(C)cn2cncc2c1C. The number of rotatable bonds is 8.